The van der Waals surface area contributed by atoms with Crippen LogP contribution in [-0.2, 0) is 17.9 Å². The summed E-state index contributed by atoms with van der Waals surface area (Å²) in [5, 5.41) is 13.8. The van der Waals surface area contributed by atoms with Crippen molar-refractivity contribution in [2.45, 2.75) is 20.1 Å². The highest BCUT2D eigenvalue weighted by Gasteiger charge is 2.16. The predicted octanol–water partition coefficient (Wildman–Crippen LogP) is 2.91. The van der Waals surface area contributed by atoms with Crippen LogP contribution in [0.1, 0.15) is 22.4 Å². The molecule has 1 heterocycles. The Morgan fingerprint density at radius 2 is 2.26 bits per heavy atom. The molecule has 19 heavy (non-hydrogen) atoms. The van der Waals surface area contributed by atoms with Gasteiger partial charge in [-0.2, -0.15) is 10.4 Å². The normalized spacial score (nSPS) is 10.4. The van der Waals surface area contributed by atoms with Gasteiger partial charge in [0.05, 0.1) is 13.2 Å². The smallest absolute Gasteiger partial charge is 0.145 e. The van der Waals surface area contributed by atoms with Crippen molar-refractivity contribution < 1.29 is 4.74 Å². The zero-order valence-electron chi connectivity index (χ0n) is 10.9. The standard InChI is InChI=1S/C14H14ClN3O/c1-10-4-3-5-11(6-10)8-18-14(15)12(7-16)13(17-18)9-19-2/h3-6H,8-9H2,1-2H3. The summed E-state index contributed by atoms with van der Waals surface area (Å²) in [7, 11) is 1.56. The maximum atomic E-state index is 9.11. The molecule has 1 aromatic carbocycles. The Bertz CT molecular complexity index is 628. The quantitative estimate of drug-likeness (QED) is 0.862. The van der Waals surface area contributed by atoms with Crippen molar-refractivity contribution in [3.63, 3.8) is 0 Å². The summed E-state index contributed by atoms with van der Waals surface area (Å²) in [6.07, 6.45) is 0. The van der Waals surface area contributed by atoms with E-state index in [2.05, 4.69) is 17.2 Å². The summed E-state index contributed by atoms with van der Waals surface area (Å²) >= 11 is 6.18. The van der Waals surface area contributed by atoms with Gasteiger partial charge < -0.3 is 4.74 Å². The molecular weight excluding hydrogens is 262 g/mol. The number of ether oxygens (including phenoxy) is 1. The molecule has 0 radical (unpaired) electrons. The van der Waals surface area contributed by atoms with E-state index in [0.717, 1.165) is 5.56 Å². The van der Waals surface area contributed by atoms with Crippen LogP contribution >= 0.6 is 11.6 Å². The van der Waals surface area contributed by atoms with Crippen molar-refractivity contribution >= 4 is 11.6 Å². The molecule has 2 rings (SSSR count). The van der Waals surface area contributed by atoms with Crippen LogP contribution < -0.4 is 0 Å². The average molecular weight is 276 g/mol. The first-order valence-electron chi connectivity index (χ1n) is 5.85. The van der Waals surface area contributed by atoms with Crippen LogP contribution in [0.25, 0.3) is 0 Å². The van der Waals surface area contributed by atoms with E-state index in [4.69, 9.17) is 21.6 Å². The molecule has 0 unspecified atom stereocenters. The number of hydrogen-bond acceptors (Lipinski definition) is 3. The van der Waals surface area contributed by atoms with E-state index in [1.165, 1.54) is 5.56 Å². The van der Waals surface area contributed by atoms with E-state index in [0.29, 0.717) is 23.0 Å². The Morgan fingerprint density at radius 3 is 2.89 bits per heavy atom. The molecular formula is C14H14ClN3O. The summed E-state index contributed by atoms with van der Waals surface area (Å²) < 4.78 is 6.65. The summed E-state index contributed by atoms with van der Waals surface area (Å²) in [4.78, 5) is 0. The van der Waals surface area contributed by atoms with Crippen molar-refractivity contribution in [3.05, 3.63) is 51.8 Å². The number of methoxy groups -OCH3 is 1. The SMILES string of the molecule is COCc1nn(Cc2cccc(C)c2)c(Cl)c1C#N. The summed E-state index contributed by atoms with van der Waals surface area (Å²) in [6.45, 7) is 2.85. The predicted molar refractivity (Wildman–Crippen MR) is 72.9 cm³/mol. The van der Waals surface area contributed by atoms with Gasteiger partial charge in [0.15, 0.2) is 0 Å². The molecule has 1 aromatic heterocycles. The van der Waals surface area contributed by atoms with Gasteiger partial charge in [-0.1, -0.05) is 41.4 Å². The van der Waals surface area contributed by atoms with Crippen LogP contribution in [0.5, 0.6) is 0 Å². The first kappa shape index (κ1) is 13.6. The van der Waals surface area contributed by atoms with E-state index < -0.39 is 0 Å². The molecule has 0 saturated carbocycles. The van der Waals surface area contributed by atoms with E-state index >= 15 is 0 Å². The third kappa shape index (κ3) is 2.95. The minimum atomic E-state index is 0.281. The van der Waals surface area contributed by atoms with Gasteiger partial charge in [0, 0.05) is 7.11 Å². The highest BCUT2D eigenvalue weighted by atomic mass is 35.5. The summed E-state index contributed by atoms with van der Waals surface area (Å²) in [5.41, 5.74) is 3.23. The highest BCUT2D eigenvalue weighted by Crippen LogP contribution is 2.21. The number of halogens is 1. The Hall–Kier alpha value is -1.83. The first-order chi connectivity index (χ1) is 9.15. The molecule has 98 valence electrons. The van der Waals surface area contributed by atoms with Gasteiger partial charge in [-0.3, -0.25) is 0 Å². The summed E-state index contributed by atoms with van der Waals surface area (Å²) in [6, 6.07) is 10.2. The zero-order chi connectivity index (χ0) is 13.8. The second-order valence-corrected chi connectivity index (χ2v) is 4.66. The van der Waals surface area contributed by atoms with Gasteiger partial charge in [-0.15, -0.1) is 0 Å². The van der Waals surface area contributed by atoms with Gasteiger partial charge in [-0.25, -0.2) is 4.68 Å². The molecule has 0 aliphatic carbocycles. The zero-order valence-corrected chi connectivity index (χ0v) is 11.6. The molecule has 0 saturated heterocycles. The monoisotopic (exact) mass is 275 g/mol. The molecule has 0 bridgehead atoms. The highest BCUT2D eigenvalue weighted by molar-refractivity contribution is 6.30. The van der Waals surface area contributed by atoms with Crippen LogP contribution in [-0.4, -0.2) is 16.9 Å². The topological polar surface area (TPSA) is 50.8 Å². The number of nitrogens with zero attached hydrogens (tertiary/aromatic N) is 3. The van der Waals surface area contributed by atoms with E-state index in [9.17, 15) is 0 Å². The third-order valence-electron chi connectivity index (χ3n) is 2.77. The van der Waals surface area contributed by atoms with E-state index in [-0.39, 0.29) is 6.61 Å². The number of rotatable bonds is 4. The minimum Gasteiger partial charge on any atom is -0.378 e. The van der Waals surface area contributed by atoms with Gasteiger partial charge >= 0.3 is 0 Å². The number of nitriles is 1. The van der Waals surface area contributed by atoms with Gasteiger partial charge in [-0.05, 0) is 12.5 Å². The Labute approximate surface area is 117 Å². The van der Waals surface area contributed by atoms with E-state index in [1.54, 1.807) is 11.8 Å². The van der Waals surface area contributed by atoms with Crippen molar-refractivity contribution in [2.75, 3.05) is 7.11 Å². The number of benzene rings is 1. The molecule has 0 spiro atoms. The largest absolute Gasteiger partial charge is 0.378 e. The number of hydrogen-bond donors (Lipinski definition) is 0. The van der Waals surface area contributed by atoms with Crippen molar-refractivity contribution in [1.29, 1.82) is 5.26 Å². The molecule has 0 fully saturated rings. The Kier molecular flexibility index (Phi) is 4.20. The van der Waals surface area contributed by atoms with Gasteiger partial charge in [0.1, 0.15) is 22.5 Å². The van der Waals surface area contributed by atoms with Crippen molar-refractivity contribution in [3.8, 4) is 6.07 Å². The molecule has 0 atom stereocenters. The Balaban J connectivity index is 2.33. The van der Waals surface area contributed by atoms with Crippen molar-refractivity contribution in [1.82, 2.24) is 9.78 Å². The maximum absolute atomic E-state index is 9.11. The fourth-order valence-electron chi connectivity index (χ4n) is 1.92. The van der Waals surface area contributed by atoms with Crippen LogP contribution in [0.4, 0.5) is 0 Å². The third-order valence-corrected chi connectivity index (χ3v) is 3.15. The van der Waals surface area contributed by atoms with Crippen LogP contribution in [0, 0.1) is 18.3 Å². The average Bonchev–Trinajstić information content (AvgIpc) is 2.66. The summed E-state index contributed by atoms with van der Waals surface area (Å²) in [5.74, 6) is 0. The lowest BCUT2D eigenvalue weighted by atomic mass is 10.1. The second-order valence-electron chi connectivity index (χ2n) is 4.30. The fourth-order valence-corrected chi connectivity index (χ4v) is 2.17. The van der Waals surface area contributed by atoms with Crippen molar-refractivity contribution in [2.24, 2.45) is 0 Å². The Morgan fingerprint density at radius 1 is 1.47 bits per heavy atom. The number of aryl methyl sites for hydroxylation is 1. The second kappa shape index (κ2) is 5.87. The number of aromatic nitrogens is 2. The molecule has 4 nitrogen and oxygen atoms in total. The van der Waals surface area contributed by atoms with E-state index in [1.807, 2.05) is 25.1 Å². The van der Waals surface area contributed by atoms with Crippen LogP contribution in [0.15, 0.2) is 24.3 Å². The molecule has 0 amide bonds. The van der Waals surface area contributed by atoms with Gasteiger partial charge in [0.2, 0.25) is 0 Å². The maximum Gasteiger partial charge on any atom is 0.145 e. The van der Waals surface area contributed by atoms with Crippen LogP contribution in [0.2, 0.25) is 5.15 Å². The molecule has 2 aromatic rings. The van der Waals surface area contributed by atoms with Crippen LogP contribution in [0.3, 0.4) is 0 Å². The molecule has 0 aliphatic rings. The lowest BCUT2D eigenvalue weighted by molar-refractivity contribution is 0.180. The van der Waals surface area contributed by atoms with Gasteiger partial charge in [0.25, 0.3) is 0 Å². The molecule has 0 aliphatic heterocycles. The first-order valence-corrected chi connectivity index (χ1v) is 6.23. The molecule has 0 N–H and O–H groups in total. The fraction of sp³-hybridized carbons (Fsp3) is 0.286. The lowest BCUT2D eigenvalue weighted by Crippen LogP contribution is -2.03. The lowest BCUT2D eigenvalue weighted by Gasteiger charge is -2.04. The molecule has 5 heteroatoms. The minimum absolute atomic E-state index is 0.281.